The average Bonchev–Trinajstić information content (AvgIpc) is 2.37. The van der Waals surface area contributed by atoms with Gasteiger partial charge in [-0.2, -0.15) is 0 Å². The van der Waals surface area contributed by atoms with Crippen molar-refractivity contribution >= 4 is 31.9 Å². The highest BCUT2D eigenvalue weighted by Gasteiger charge is 2.28. The van der Waals surface area contributed by atoms with Crippen molar-refractivity contribution in [3.63, 3.8) is 0 Å². The zero-order valence-electron chi connectivity index (χ0n) is 11.7. The van der Waals surface area contributed by atoms with Crippen LogP contribution in [0.25, 0.3) is 0 Å². The Morgan fingerprint density at radius 3 is 2.58 bits per heavy atom. The minimum Gasteiger partial charge on any atom is -0.369 e. The number of halogens is 2. The van der Waals surface area contributed by atoms with Gasteiger partial charge < -0.3 is 4.74 Å². The largest absolute Gasteiger partial charge is 0.369 e. The molecular weight excluding hydrogens is 368 g/mol. The Balaban J connectivity index is 1.97. The fraction of sp³-hybridized carbons (Fsp3) is 0.625. The standard InChI is InChI=1S/C16H22Br2O/c1-16(2)8-6-14(7-9-16)19-15(11-17)12-4-3-5-13(18)10-12/h3-5,10,14-15H,6-9,11H2,1-2H3. The van der Waals surface area contributed by atoms with Crippen LogP contribution in [0.5, 0.6) is 0 Å². The first-order chi connectivity index (χ1) is 9.00. The van der Waals surface area contributed by atoms with Gasteiger partial charge in [-0.15, -0.1) is 0 Å². The monoisotopic (exact) mass is 388 g/mol. The van der Waals surface area contributed by atoms with Crippen molar-refractivity contribution in [2.75, 3.05) is 5.33 Å². The van der Waals surface area contributed by atoms with Gasteiger partial charge in [0.1, 0.15) is 0 Å². The lowest BCUT2D eigenvalue weighted by atomic mass is 9.76. The Hall–Kier alpha value is 0.140. The summed E-state index contributed by atoms with van der Waals surface area (Å²) < 4.78 is 7.42. The van der Waals surface area contributed by atoms with E-state index in [1.165, 1.54) is 31.2 Å². The highest BCUT2D eigenvalue weighted by Crippen LogP contribution is 2.38. The van der Waals surface area contributed by atoms with E-state index in [1.54, 1.807) is 0 Å². The van der Waals surface area contributed by atoms with Crippen LogP contribution in [0, 0.1) is 5.41 Å². The molecule has 1 nitrogen and oxygen atoms in total. The molecule has 1 aromatic rings. The first kappa shape index (κ1) is 15.5. The van der Waals surface area contributed by atoms with Gasteiger partial charge in [0.15, 0.2) is 0 Å². The predicted octanol–water partition coefficient (Wildman–Crippen LogP) is 5.87. The first-order valence-corrected chi connectivity index (χ1v) is 8.88. The van der Waals surface area contributed by atoms with Crippen molar-refractivity contribution in [3.05, 3.63) is 34.3 Å². The second kappa shape index (κ2) is 6.73. The fourth-order valence-corrected chi connectivity index (χ4v) is 3.60. The van der Waals surface area contributed by atoms with E-state index in [9.17, 15) is 0 Å². The SMILES string of the molecule is CC1(C)CCC(OC(CBr)c2cccc(Br)c2)CC1. The smallest absolute Gasteiger partial charge is 0.0925 e. The Labute approximate surface area is 133 Å². The molecular formula is C16H22Br2O. The molecule has 0 saturated heterocycles. The molecule has 2 rings (SSSR count). The van der Waals surface area contributed by atoms with Crippen LogP contribution in [0.3, 0.4) is 0 Å². The van der Waals surface area contributed by atoms with Gasteiger partial charge in [-0.3, -0.25) is 0 Å². The van der Waals surface area contributed by atoms with Crippen LogP contribution in [0.4, 0.5) is 0 Å². The molecule has 0 spiro atoms. The van der Waals surface area contributed by atoms with Crippen molar-refractivity contribution in [1.82, 2.24) is 0 Å². The van der Waals surface area contributed by atoms with Crippen LogP contribution >= 0.6 is 31.9 Å². The average molecular weight is 390 g/mol. The normalized spacial score (nSPS) is 21.3. The Kier molecular flexibility index (Phi) is 5.50. The number of ether oxygens (including phenoxy) is 1. The lowest BCUT2D eigenvalue weighted by molar-refractivity contribution is -0.0364. The summed E-state index contributed by atoms with van der Waals surface area (Å²) in [5, 5.41) is 0.851. The van der Waals surface area contributed by atoms with Gasteiger partial charge in [-0.1, -0.05) is 57.8 Å². The summed E-state index contributed by atoms with van der Waals surface area (Å²) in [6.45, 7) is 4.72. The summed E-state index contributed by atoms with van der Waals surface area (Å²) in [5.41, 5.74) is 1.75. The van der Waals surface area contributed by atoms with Crippen LogP contribution < -0.4 is 0 Å². The van der Waals surface area contributed by atoms with Crippen molar-refractivity contribution < 1.29 is 4.74 Å². The van der Waals surface area contributed by atoms with Crippen LogP contribution in [0.2, 0.25) is 0 Å². The summed E-state index contributed by atoms with van der Waals surface area (Å²) in [4.78, 5) is 0. The molecule has 1 atom stereocenters. The van der Waals surface area contributed by atoms with Gasteiger partial charge in [-0.05, 0) is 48.8 Å². The van der Waals surface area contributed by atoms with E-state index < -0.39 is 0 Å². The van der Waals surface area contributed by atoms with E-state index in [0.717, 1.165) is 9.80 Å². The topological polar surface area (TPSA) is 9.23 Å². The molecule has 106 valence electrons. The molecule has 3 heteroatoms. The summed E-state index contributed by atoms with van der Waals surface area (Å²) >= 11 is 7.11. The van der Waals surface area contributed by atoms with E-state index in [0.29, 0.717) is 11.5 Å². The number of hydrogen-bond acceptors (Lipinski definition) is 1. The molecule has 1 aliphatic carbocycles. The lowest BCUT2D eigenvalue weighted by Crippen LogP contribution is -2.28. The zero-order valence-corrected chi connectivity index (χ0v) is 14.8. The molecule has 0 radical (unpaired) electrons. The zero-order chi connectivity index (χ0) is 13.9. The fourth-order valence-electron chi connectivity index (χ4n) is 2.65. The van der Waals surface area contributed by atoms with Crippen molar-refractivity contribution in [2.45, 2.75) is 51.7 Å². The van der Waals surface area contributed by atoms with Crippen molar-refractivity contribution in [1.29, 1.82) is 0 Å². The Morgan fingerprint density at radius 2 is 2.00 bits per heavy atom. The molecule has 0 amide bonds. The Bertz CT molecular complexity index is 407. The number of benzene rings is 1. The summed E-state index contributed by atoms with van der Waals surface area (Å²) in [6.07, 6.45) is 5.48. The molecule has 1 fully saturated rings. The molecule has 0 N–H and O–H groups in total. The van der Waals surface area contributed by atoms with Gasteiger partial charge >= 0.3 is 0 Å². The summed E-state index contributed by atoms with van der Waals surface area (Å²) in [6, 6.07) is 8.42. The molecule has 0 aromatic heterocycles. The highest BCUT2D eigenvalue weighted by atomic mass is 79.9. The Morgan fingerprint density at radius 1 is 1.32 bits per heavy atom. The number of alkyl halides is 1. The van der Waals surface area contributed by atoms with Crippen LogP contribution in [0.15, 0.2) is 28.7 Å². The van der Waals surface area contributed by atoms with Crippen molar-refractivity contribution in [3.8, 4) is 0 Å². The van der Waals surface area contributed by atoms with E-state index in [-0.39, 0.29) is 6.10 Å². The third kappa shape index (κ3) is 4.57. The summed E-state index contributed by atoms with van der Waals surface area (Å²) in [7, 11) is 0. The van der Waals surface area contributed by atoms with Crippen LogP contribution in [0.1, 0.15) is 51.2 Å². The second-order valence-electron chi connectivity index (χ2n) is 6.20. The third-order valence-electron chi connectivity index (χ3n) is 4.00. The van der Waals surface area contributed by atoms with Crippen LogP contribution in [-0.2, 0) is 4.74 Å². The first-order valence-electron chi connectivity index (χ1n) is 6.97. The number of hydrogen-bond donors (Lipinski definition) is 0. The van der Waals surface area contributed by atoms with Gasteiger partial charge in [-0.25, -0.2) is 0 Å². The third-order valence-corrected chi connectivity index (χ3v) is 5.08. The minimum absolute atomic E-state index is 0.156. The molecule has 1 aromatic carbocycles. The van der Waals surface area contributed by atoms with E-state index in [4.69, 9.17) is 4.74 Å². The van der Waals surface area contributed by atoms with E-state index in [1.807, 2.05) is 0 Å². The maximum absolute atomic E-state index is 6.31. The van der Waals surface area contributed by atoms with E-state index in [2.05, 4.69) is 70.0 Å². The van der Waals surface area contributed by atoms with Gasteiger partial charge in [0.25, 0.3) is 0 Å². The second-order valence-corrected chi connectivity index (χ2v) is 7.76. The molecule has 19 heavy (non-hydrogen) atoms. The molecule has 0 heterocycles. The van der Waals surface area contributed by atoms with Gasteiger partial charge in [0.05, 0.1) is 12.2 Å². The molecule has 0 bridgehead atoms. The van der Waals surface area contributed by atoms with Gasteiger partial charge in [0.2, 0.25) is 0 Å². The molecule has 1 saturated carbocycles. The maximum Gasteiger partial charge on any atom is 0.0925 e. The predicted molar refractivity (Wildman–Crippen MR) is 87.8 cm³/mol. The van der Waals surface area contributed by atoms with Gasteiger partial charge in [0, 0.05) is 9.80 Å². The lowest BCUT2D eigenvalue weighted by Gasteiger charge is -2.35. The van der Waals surface area contributed by atoms with Crippen LogP contribution in [-0.4, -0.2) is 11.4 Å². The van der Waals surface area contributed by atoms with Crippen molar-refractivity contribution in [2.24, 2.45) is 5.41 Å². The molecule has 0 aliphatic heterocycles. The maximum atomic E-state index is 6.31. The minimum atomic E-state index is 0.156. The molecule has 1 aliphatic rings. The summed E-state index contributed by atoms with van der Waals surface area (Å²) in [5.74, 6) is 0. The van der Waals surface area contributed by atoms with E-state index >= 15 is 0 Å². The number of rotatable bonds is 4. The molecule has 1 unspecified atom stereocenters. The highest BCUT2D eigenvalue weighted by molar-refractivity contribution is 9.10. The quantitative estimate of drug-likeness (QED) is 0.585.